The first-order chi connectivity index (χ1) is 7.74. The fraction of sp³-hybridized carbons (Fsp3) is 0.818. The van der Waals surface area contributed by atoms with Crippen molar-refractivity contribution in [1.29, 1.82) is 0 Å². The van der Waals surface area contributed by atoms with Crippen LogP contribution in [0, 0.1) is 5.92 Å². The van der Waals surface area contributed by atoms with Crippen molar-refractivity contribution in [3.8, 4) is 0 Å². The van der Waals surface area contributed by atoms with Crippen LogP contribution in [0.3, 0.4) is 0 Å². The summed E-state index contributed by atoms with van der Waals surface area (Å²) in [5, 5.41) is 6.74. The van der Waals surface area contributed by atoms with Gasteiger partial charge in [0, 0.05) is 13.2 Å². The third kappa shape index (κ3) is 3.28. The molecule has 1 aromatic heterocycles. The Morgan fingerprint density at radius 1 is 1.62 bits per heavy atom. The first kappa shape index (κ1) is 11.5. The molecular weight excluding hydrogens is 204 g/mol. The third-order valence-corrected chi connectivity index (χ3v) is 3.05. The van der Waals surface area contributed by atoms with E-state index in [4.69, 9.17) is 4.74 Å². The second kappa shape index (κ2) is 5.41. The van der Waals surface area contributed by atoms with Crippen molar-refractivity contribution in [2.24, 2.45) is 5.92 Å². The molecule has 1 aliphatic heterocycles. The number of hydrogen-bond acceptors (Lipinski definition) is 4. The van der Waals surface area contributed by atoms with Gasteiger partial charge in [-0.25, -0.2) is 4.98 Å². The van der Waals surface area contributed by atoms with Crippen LogP contribution in [0.5, 0.6) is 0 Å². The van der Waals surface area contributed by atoms with E-state index < -0.39 is 0 Å². The van der Waals surface area contributed by atoms with Crippen LogP contribution in [0.15, 0.2) is 6.33 Å². The molecule has 0 saturated carbocycles. The number of hydrogen-bond donors (Lipinski definition) is 1. The lowest BCUT2D eigenvalue weighted by Gasteiger charge is -2.30. The van der Waals surface area contributed by atoms with Gasteiger partial charge in [0.05, 0.1) is 12.6 Å². The zero-order valence-electron chi connectivity index (χ0n) is 10.0. The fourth-order valence-corrected chi connectivity index (χ4v) is 2.33. The summed E-state index contributed by atoms with van der Waals surface area (Å²) in [6.45, 7) is 5.00. The van der Waals surface area contributed by atoms with E-state index in [0.717, 1.165) is 31.4 Å². The molecule has 2 atom stereocenters. The van der Waals surface area contributed by atoms with Gasteiger partial charge in [-0.2, -0.15) is 5.10 Å². The molecule has 90 valence electrons. The van der Waals surface area contributed by atoms with Crippen LogP contribution in [0.2, 0.25) is 0 Å². The molecule has 0 aromatic carbocycles. The first-order valence-electron chi connectivity index (χ1n) is 5.88. The maximum absolute atomic E-state index is 5.55. The van der Waals surface area contributed by atoms with Gasteiger partial charge >= 0.3 is 0 Å². The normalized spacial score (nSPS) is 26.2. The number of aromatic nitrogens is 3. The second-order valence-electron chi connectivity index (χ2n) is 4.70. The number of nitrogens with one attached hydrogen (secondary N) is 1. The predicted octanol–water partition coefficient (Wildman–Crippen LogP) is 1.05. The van der Waals surface area contributed by atoms with Crippen molar-refractivity contribution in [1.82, 2.24) is 20.1 Å². The minimum atomic E-state index is 0.414. The lowest BCUT2D eigenvalue weighted by Crippen LogP contribution is -2.32. The average molecular weight is 224 g/mol. The molecule has 0 aliphatic carbocycles. The Kier molecular flexibility index (Phi) is 3.90. The van der Waals surface area contributed by atoms with E-state index in [1.165, 1.54) is 12.8 Å². The van der Waals surface area contributed by atoms with Gasteiger partial charge in [0.2, 0.25) is 0 Å². The highest BCUT2D eigenvalue weighted by atomic mass is 16.5. The number of rotatable bonds is 4. The van der Waals surface area contributed by atoms with E-state index in [2.05, 4.69) is 34.1 Å². The Morgan fingerprint density at radius 3 is 3.19 bits per heavy atom. The Hall–Kier alpha value is -0.940. The minimum absolute atomic E-state index is 0.414. The Balaban J connectivity index is 1.76. The number of H-pyrrole nitrogens is 1. The van der Waals surface area contributed by atoms with Gasteiger partial charge < -0.3 is 4.74 Å². The molecular formula is C11H20N4O. The van der Waals surface area contributed by atoms with Gasteiger partial charge in [0.15, 0.2) is 0 Å². The van der Waals surface area contributed by atoms with Crippen LogP contribution in [0.25, 0.3) is 0 Å². The molecule has 2 heterocycles. The number of aromatic amines is 1. The Morgan fingerprint density at radius 2 is 2.50 bits per heavy atom. The van der Waals surface area contributed by atoms with Gasteiger partial charge in [-0.15, -0.1) is 0 Å². The summed E-state index contributed by atoms with van der Waals surface area (Å²) in [7, 11) is 2.13. The van der Waals surface area contributed by atoms with Gasteiger partial charge in [-0.05, 0) is 32.7 Å². The molecule has 0 radical (unpaired) electrons. The van der Waals surface area contributed by atoms with Gasteiger partial charge in [0.25, 0.3) is 0 Å². The third-order valence-electron chi connectivity index (χ3n) is 3.05. The topological polar surface area (TPSA) is 54.0 Å². The van der Waals surface area contributed by atoms with Crippen molar-refractivity contribution in [3.05, 3.63) is 12.2 Å². The summed E-state index contributed by atoms with van der Waals surface area (Å²) in [6, 6.07) is 0. The van der Waals surface area contributed by atoms with Crippen LogP contribution < -0.4 is 0 Å². The number of nitrogens with zero attached hydrogens (tertiary/aromatic N) is 3. The van der Waals surface area contributed by atoms with Gasteiger partial charge in [-0.1, -0.05) is 0 Å². The van der Waals surface area contributed by atoms with Gasteiger partial charge in [-0.3, -0.25) is 10.00 Å². The number of ether oxygens (including phenoxy) is 1. The van der Waals surface area contributed by atoms with E-state index in [1.54, 1.807) is 6.33 Å². The molecule has 1 aliphatic rings. The zero-order chi connectivity index (χ0) is 11.4. The highest BCUT2D eigenvalue weighted by molar-refractivity contribution is 4.80. The molecule has 5 nitrogen and oxygen atoms in total. The Bertz CT molecular complexity index is 301. The van der Waals surface area contributed by atoms with Crippen LogP contribution in [-0.2, 0) is 11.3 Å². The molecule has 16 heavy (non-hydrogen) atoms. The van der Waals surface area contributed by atoms with Crippen LogP contribution in [0.4, 0.5) is 0 Å². The van der Waals surface area contributed by atoms with Crippen molar-refractivity contribution in [3.63, 3.8) is 0 Å². The summed E-state index contributed by atoms with van der Waals surface area (Å²) in [4.78, 5) is 6.43. The van der Waals surface area contributed by atoms with Crippen molar-refractivity contribution in [2.75, 3.05) is 20.2 Å². The standard InChI is InChI=1S/C11H20N4O/c1-9-5-10(3-4-16-9)6-15(2)7-11-12-8-13-14-11/h8-10H,3-7H2,1-2H3,(H,12,13,14). The molecule has 1 saturated heterocycles. The molecule has 2 rings (SSSR count). The molecule has 1 aromatic rings. The summed E-state index contributed by atoms with van der Waals surface area (Å²) >= 11 is 0. The SMILES string of the molecule is CC1CC(CN(C)Cc2ncn[nH]2)CCO1. The Labute approximate surface area is 96.2 Å². The molecule has 2 unspecified atom stereocenters. The van der Waals surface area contributed by atoms with Crippen molar-refractivity contribution < 1.29 is 4.74 Å². The second-order valence-corrected chi connectivity index (χ2v) is 4.70. The van der Waals surface area contributed by atoms with Gasteiger partial charge in [0.1, 0.15) is 12.2 Å². The maximum atomic E-state index is 5.55. The summed E-state index contributed by atoms with van der Waals surface area (Å²) in [6.07, 6.45) is 4.31. The fourth-order valence-electron chi connectivity index (χ4n) is 2.33. The van der Waals surface area contributed by atoms with Crippen LogP contribution in [0.1, 0.15) is 25.6 Å². The molecule has 1 fully saturated rings. The highest BCUT2D eigenvalue weighted by Crippen LogP contribution is 2.20. The smallest absolute Gasteiger partial charge is 0.138 e. The average Bonchev–Trinajstić information content (AvgIpc) is 2.70. The first-order valence-corrected chi connectivity index (χ1v) is 5.88. The van der Waals surface area contributed by atoms with E-state index in [-0.39, 0.29) is 0 Å². The van der Waals surface area contributed by atoms with Crippen molar-refractivity contribution in [2.45, 2.75) is 32.4 Å². The van der Waals surface area contributed by atoms with Crippen molar-refractivity contribution >= 4 is 0 Å². The maximum Gasteiger partial charge on any atom is 0.138 e. The van der Waals surface area contributed by atoms with E-state index in [0.29, 0.717) is 6.10 Å². The van der Waals surface area contributed by atoms with E-state index in [9.17, 15) is 0 Å². The minimum Gasteiger partial charge on any atom is -0.378 e. The van der Waals surface area contributed by atoms with Crippen LogP contribution >= 0.6 is 0 Å². The highest BCUT2D eigenvalue weighted by Gasteiger charge is 2.20. The van der Waals surface area contributed by atoms with E-state index in [1.807, 2.05) is 0 Å². The van der Waals surface area contributed by atoms with Crippen LogP contribution in [-0.4, -0.2) is 46.4 Å². The summed E-state index contributed by atoms with van der Waals surface area (Å²) < 4.78 is 5.55. The summed E-state index contributed by atoms with van der Waals surface area (Å²) in [5.41, 5.74) is 0. The zero-order valence-corrected chi connectivity index (χ0v) is 10.0. The quantitative estimate of drug-likeness (QED) is 0.830. The molecule has 0 bridgehead atoms. The lowest BCUT2D eigenvalue weighted by molar-refractivity contribution is -0.00439. The monoisotopic (exact) mass is 224 g/mol. The lowest BCUT2D eigenvalue weighted by atomic mass is 9.96. The molecule has 0 spiro atoms. The molecule has 5 heteroatoms. The molecule has 1 N–H and O–H groups in total. The largest absolute Gasteiger partial charge is 0.378 e. The summed E-state index contributed by atoms with van der Waals surface area (Å²) in [5.74, 6) is 1.68. The molecule has 0 amide bonds. The predicted molar refractivity (Wildman–Crippen MR) is 60.9 cm³/mol. The van der Waals surface area contributed by atoms with E-state index >= 15 is 0 Å².